The number of ether oxygens (including phenoxy) is 1. The molecule has 0 bridgehead atoms. The maximum Gasteiger partial charge on any atom is 0.0627 e. The molecule has 19 heavy (non-hydrogen) atoms. The van der Waals surface area contributed by atoms with Crippen LogP contribution in [0.1, 0.15) is 32.0 Å². The molecule has 3 heteroatoms. The largest absolute Gasteiger partial charge is 0.379 e. The fraction of sp³-hybridized carbons (Fsp3) is 0.562. The van der Waals surface area contributed by atoms with Crippen molar-refractivity contribution in [3.8, 4) is 0 Å². The van der Waals surface area contributed by atoms with Crippen LogP contribution in [0.2, 0.25) is 0 Å². The molecular weight excluding hydrogens is 236 g/mol. The highest BCUT2D eigenvalue weighted by Gasteiger charge is 2.13. The zero-order valence-corrected chi connectivity index (χ0v) is 12.2. The smallest absolute Gasteiger partial charge is 0.0627 e. The fourth-order valence-electron chi connectivity index (χ4n) is 2.05. The van der Waals surface area contributed by atoms with Gasteiger partial charge in [-0.15, -0.1) is 0 Å². The van der Waals surface area contributed by atoms with E-state index < -0.39 is 0 Å². The van der Waals surface area contributed by atoms with Crippen molar-refractivity contribution in [1.29, 1.82) is 0 Å². The van der Waals surface area contributed by atoms with E-state index in [4.69, 9.17) is 4.74 Å². The summed E-state index contributed by atoms with van der Waals surface area (Å²) in [6.45, 7) is 11.4. The summed E-state index contributed by atoms with van der Waals surface area (Å²) in [6.07, 6.45) is 6.26. The molecule has 2 rings (SSSR count). The summed E-state index contributed by atoms with van der Waals surface area (Å²) in [4.78, 5) is 6.89. The van der Waals surface area contributed by atoms with Gasteiger partial charge in [0.2, 0.25) is 0 Å². The van der Waals surface area contributed by atoms with Crippen molar-refractivity contribution >= 4 is 6.08 Å². The van der Waals surface area contributed by atoms with E-state index >= 15 is 0 Å². The van der Waals surface area contributed by atoms with Gasteiger partial charge in [0, 0.05) is 25.8 Å². The Morgan fingerprint density at radius 1 is 1.26 bits per heavy atom. The van der Waals surface area contributed by atoms with Gasteiger partial charge in [-0.1, -0.05) is 32.9 Å². The molecule has 0 aliphatic carbocycles. The Morgan fingerprint density at radius 3 is 2.58 bits per heavy atom. The van der Waals surface area contributed by atoms with Gasteiger partial charge in [-0.3, -0.25) is 9.88 Å². The summed E-state index contributed by atoms with van der Waals surface area (Å²) in [5.74, 6) is 0. The molecule has 0 N–H and O–H groups in total. The highest BCUT2D eigenvalue weighted by Crippen LogP contribution is 2.21. The monoisotopic (exact) mass is 260 g/mol. The number of aromatic nitrogens is 1. The van der Waals surface area contributed by atoms with Crippen LogP contribution in [0.5, 0.6) is 0 Å². The van der Waals surface area contributed by atoms with Crippen LogP contribution in [-0.4, -0.2) is 42.7 Å². The van der Waals surface area contributed by atoms with Gasteiger partial charge in [-0.2, -0.15) is 0 Å². The van der Waals surface area contributed by atoms with Crippen LogP contribution in [0.3, 0.4) is 0 Å². The minimum absolute atomic E-state index is 0.170. The highest BCUT2D eigenvalue weighted by atomic mass is 16.5. The molecule has 1 aliphatic rings. The summed E-state index contributed by atoms with van der Waals surface area (Å²) < 4.78 is 5.33. The Kier molecular flexibility index (Phi) is 4.72. The standard InChI is InChI=1S/C16H24N2O/c1-16(2,3)14-6-7-15(17-13-14)5-4-8-18-9-11-19-12-10-18/h4-7,13H,8-12H2,1-3H3/b5-4+. The molecule has 0 aromatic carbocycles. The first kappa shape index (κ1) is 14.2. The van der Waals surface area contributed by atoms with Gasteiger partial charge in [0.25, 0.3) is 0 Å². The molecule has 1 aliphatic heterocycles. The highest BCUT2D eigenvalue weighted by molar-refractivity contribution is 5.45. The summed E-state index contributed by atoms with van der Waals surface area (Å²) in [5, 5.41) is 0. The number of rotatable bonds is 3. The molecule has 1 fully saturated rings. The Morgan fingerprint density at radius 2 is 2.00 bits per heavy atom. The Bertz CT molecular complexity index is 411. The van der Waals surface area contributed by atoms with Gasteiger partial charge in [0.1, 0.15) is 0 Å². The first-order chi connectivity index (χ1) is 9.05. The molecule has 0 radical (unpaired) electrons. The molecule has 0 saturated carbocycles. The second-order valence-corrected chi connectivity index (χ2v) is 6.04. The minimum atomic E-state index is 0.170. The first-order valence-corrected chi connectivity index (χ1v) is 6.99. The molecule has 104 valence electrons. The molecule has 1 aromatic rings. The molecule has 3 nitrogen and oxygen atoms in total. The Labute approximate surface area is 116 Å². The number of nitrogens with zero attached hydrogens (tertiary/aromatic N) is 2. The van der Waals surface area contributed by atoms with Gasteiger partial charge < -0.3 is 4.74 Å². The second-order valence-electron chi connectivity index (χ2n) is 6.04. The van der Waals surface area contributed by atoms with Gasteiger partial charge in [-0.05, 0) is 23.1 Å². The second kappa shape index (κ2) is 6.31. The van der Waals surface area contributed by atoms with Crippen molar-refractivity contribution in [2.24, 2.45) is 0 Å². The van der Waals surface area contributed by atoms with Crippen molar-refractivity contribution in [1.82, 2.24) is 9.88 Å². The third-order valence-electron chi connectivity index (χ3n) is 3.41. The fourth-order valence-corrected chi connectivity index (χ4v) is 2.05. The molecular formula is C16H24N2O. The van der Waals surface area contributed by atoms with E-state index in [9.17, 15) is 0 Å². The van der Waals surface area contributed by atoms with Gasteiger partial charge >= 0.3 is 0 Å². The zero-order chi connectivity index (χ0) is 13.7. The van der Waals surface area contributed by atoms with Gasteiger partial charge in [0.15, 0.2) is 0 Å². The molecule has 0 spiro atoms. The SMILES string of the molecule is CC(C)(C)c1ccc(/C=C/CN2CCOCC2)nc1. The van der Waals surface area contributed by atoms with Crippen molar-refractivity contribution in [2.75, 3.05) is 32.8 Å². The zero-order valence-electron chi connectivity index (χ0n) is 12.2. The van der Waals surface area contributed by atoms with E-state index in [0.717, 1.165) is 38.5 Å². The summed E-state index contributed by atoms with van der Waals surface area (Å²) in [6, 6.07) is 4.26. The number of pyridine rings is 1. The third-order valence-corrected chi connectivity index (χ3v) is 3.41. The maximum atomic E-state index is 5.33. The first-order valence-electron chi connectivity index (χ1n) is 6.99. The minimum Gasteiger partial charge on any atom is -0.379 e. The predicted octanol–water partition coefficient (Wildman–Crippen LogP) is 2.72. The van der Waals surface area contributed by atoms with Crippen LogP contribution in [0, 0.1) is 0 Å². The van der Waals surface area contributed by atoms with E-state index in [1.54, 1.807) is 0 Å². The lowest BCUT2D eigenvalue weighted by molar-refractivity contribution is 0.0435. The van der Waals surface area contributed by atoms with E-state index in [-0.39, 0.29) is 5.41 Å². The van der Waals surface area contributed by atoms with Crippen LogP contribution in [-0.2, 0) is 10.2 Å². The van der Waals surface area contributed by atoms with Crippen LogP contribution in [0.15, 0.2) is 24.4 Å². The van der Waals surface area contributed by atoms with Crippen molar-refractivity contribution in [3.05, 3.63) is 35.7 Å². The average molecular weight is 260 g/mol. The summed E-state index contributed by atoms with van der Waals surface area (Å²) in [5.41, 5.74) is 2.47. The Hall–Kier alpha value is -1.19. The van der Waals surface area contributed by atoms with E-state index in [1.165, 1.54) is 5.56 Å². The maximum absolute atomic E-state index is 5.33. The molecule has 0 amide bonds. The summed E-state index contributed by atoms with van der Waals surface area (Å²) >= 11 is 0. The predicted molar refractivity (Wildman–Crippen MR) is 79.2 cm³/mol. The lowest BCUT2D eigenvalue weighted by Crippen LogP contribution is -2.36. The lowest BCUT2D eigenvalue weighted by atomic mass is 9.88. The molecule has 1 saturated heterocycles. The Balaban J connectivity index is 1.88. The number of hydrogen-bond donors (Lipinski definition) is 0. The normalized spacial score (nSPS) is 18.1. The van der Waals surface area contributed by atoms with Crippen molar-refractivity contribution < 1.29 is 4.74 Å². The molecule has 2 heterocycles. The summed E-state index contributed by atoms with van der Waals surface area (Å²) in [7, 11) is 0. The van der Waals surface area contributed by atoms with E-state index in [0.29, 0.717) is 0 Å². The topological polar surface area (TPSA) is 25.4 Å². The van der Waals surface area contributed by atoms with Crippen molar-refractivity contribution in [2.45, 2.75) is 26.2 Å². The number of morpholine rings is 1. The lowest BCUT2D eigenvalue weighted by Gasteiger charge is -2.25. The van der Waals surface area contributed by atoms with E-state index in [1.807, 2.05) is 6.20 Å². The van der Waals surface area contributed by atoms with Crippen molar-refractivity contribution in [3.63, 3.8) is 0 Å². The average Bonchev–Trinajstić information content (AvgIpc) is 2.39. The van der Waals surface area contributed by atoms with E-state index in [2.05, 4.69) is 54.9 Å². The van der Waals surface area contributed by atoms with Crippen LogP contribution >= 0.6 is 0 Å². The number of hydrogen-bond acceptors (Lipinski definition) is 3. The third kappa shape index (κ3) is 4.44. The van der Waals surface area contributed by atoms with Gasteiger partial charge in [-0.25, -0.2) is 0 Å². The molecule has 0 unspecified atom stereocenters. The van der Waals surface area contributed by atoms with Crippen LogP contribution in [0.25, 0.3) is 6.08 Å². The van der Waals surface area contributed by atoms with Crippen LogP contribution < -0.4 is 0 Å². The quantitative estimate of drug-likeness (QED) is 0.835. The van der Waals surface area contributed by atoms with Crippen LogP contribution in [0.4, 0.5) is 0 Å². The molecule has 0 atom stereocenters. The van der Waals surface area contributed by atoms with Gasteiger partial charge in [0.05, 0.1) is 18.9 Å². The molecule has 1 aromatic heterocycles.